The van der Waals surface area contributed by atoms with E-state index in [0.29, 0.717) is 17.9 Å². The molecule has 1 amide bonds. The van der Waals surface area contributed by atoms with Crippen LogP contribution in [0.1, 0.15) is 51.9 Å². The molecule has 2 nitrogen and oxygen atoms in total. The minimum Gasteiger partial charge on any atom is -0.339 e. The van der Waals surface area contributed by atoms with Crippen molar-refractivity contribution in [3.05, 3.63) is 0 Å². The summed E-state index contributed by atoms with van der Waals surface area (Å²) in [6.45, 7) is 3.40. The molecule has 0 aromatic rings. The Bertz CT molecular complexity index is 280. The van der Waals surface area contributed by atoms with E-state index in [2.05, 4.69) is 11.8 Å². The molecule has 2 heteroatoms. The van der Waals surface area contributed by atoms with Gasteiger partial charge in [-0.15, -0.1) is 0 Å². The number of carbonyl (C=O) groups is 1. The number of amides is 1. The second-order valence-corrected chi connectivity index (χ2v) is 6.28. The Hall–Kier alpha value is -0.530. The van der Waals surface area contributed by atoms with E-state index in [1.165, 1.54) is 32.1 Å². The standard InChI is InChI=1S/C14H23NO/c1-10-2-5-12(6-3-10)14(16)15-9-11-4-7-13(15)8-11/h10-13H,2-9H2,1H3. The summed E-state index contributed by atoms with van der Waals surface area (Å²) >= 11 is 0. The number of rotatable bonds is 1. The number of hydrogen-bond donors (Lipinski definition) is 0. The fraction of sp³-hybridized carbons (Fsp3) is 0.929. The molecule has 0 spiro atoms. The molecular formula is C14H23NO. The number of hydrogen-bond acceptors (Lipinski definition) is 1. The predicted octanol–water partition coefficient (Wildman–Crippen LogP) is 2.82. The van der Waals surface area contributed by atoms with Gasteiger partial charge >= 0.3 is 0 Å². The Morgan fingerprint density at radius 3 is 2.38 bits per heavy atom. The second kappa shape index (κ2) is 4.05. The predicted molar refractivity (Wildman–Crippen MR) is 64.0 cm³/mol. The highest BCUT2D eigenvalue weighted by molar-refractivity contribution is 5.79. The molecule has 1 saturated heterocycles. The van der Waals surface area contributed by atoms with Gasteiger partial charge in [0.2, 0.25) is 5.91 Å². The van der Waals surface area contributed by atoms with Crippen LogP contribution in [0.2, 0.25) is 0 Å². The van der Waals surface area contributed by atoms with Crippen molar-refractivity contribution in [3.63, 3.8) is 0 Å². The molecule has 2 aliphatic carbocycles. The van der Waals surface area contributed by atoms with Crippen molar-refractivity contribution >= 4 is 5.91 Å². The lowest BCUT2D eigenvalue weighted by Crippen LogP contribution is -2.42. The summed E-state index contributed by atoms with van der Waals surface area (Å²) in [6, 6.07) is 0.622. The Morgan fingerprint density at radius 1 is 1.06 bits per heavy atom. The van der Waals surface area contributed by atoms with E-state index in [9.17, 15) is 4.79 Å². The summed E-state index contributed by atoms with van der Waals surface area (Å²) in [5.74, 6) is 2.56. The summed E-state index contributed by atoms with van der Waals surface area (Å²) < 4.78 is 0. The second-order valence-electron chi connectivity index (χ2n) is 6.28. The molecule has 1 heterocycles. The van der Waals surface area contributed by atoms with Gasteiger partial charge in [-0.25, -0.2) is 0 Å². The third-order valence-electron chi connectivity index (χ3n) is 5.06. The molecule has 2 atom stereocenters. The molecule has 2 unspecified atom stereocenters. The van der Waals surface area contributed by atoms with Gasteiger partial charge in [-0.05, 0) is 56.8 Å². The van der Waals surface area contributed by atoms with Crippen LogP contribution in [0.3, 0.4) is 0 Å². The number of likely N-dealkylation sites (tertiary alicyclic amines) is 1. The lowest BCUT2D eigenvalue weighted by molar-refractivity contribution is -0.138. The van der Waals surface area contributed by atoms with Crippen molar-refractivity contribution in [1.29, 1.82) is 0 Å². The van der Waals surface area contributed by atoms with Crippen LogP contribution in [-0.2, 0) is 4.79 Å². The highest BCUT2D eigenvalue weighted by Gasteiger charge is 2.42. The highest BCUT2D eigenvalue weighted by Crippen LogP contribution is 2.39. The quantitative estimate of drug-likeness (QED) is 0.666. The van der Waals surface area contributed by atoms with Gasteiger partial charge in [0, 0.05) is 18.5 Å². The van der Waals surface area contributed by atoms with Crippen molar-refractivity contribution in [2.75, 3.05) is 6.54 Å². The normalized spacial score (nSPS) is 42.7. The van der Waals surface area contributed by atoms with Gasteiger partial charge in [-0.1, -0.05) is 6.92 Å². The Balaban J connectivity index is 1.61. The number of piperidine rings is 1. The average Bonchev–Trinajstić information content (AvgIpc) is 2.91. The first-order valence-electron chi connectivity index (χ1n) is 7.04. The zero-order valence-electron chi connectivity index (χ0n) is 10.3. The third-order valence-corrected chi connectivity index (χ3v) is 5.06. The summed E-state index contributed by atoms with van der Waals surface area (Å²) in [5, 5.41) is 0. The van der Waals surface area contributed by atoms with Crippen LogP contribution in [0.15, 0.2) is 0 Å². The van der Waals surface area contributed by atoms with Crippen LogP contribution in [0.4, 0.5) is 0 Å². The van der Waals surface area contributed by atoms with E-state index in [4.69, 9.17) is 0 Å². The first-order valence-corrected chi connectivity index (χ1v) is 7.04. The molecular weight excluding hydrogens is 198 g/mol. The molecule has 3 aliphatic rings. The van der Waals surface area contributed by atoms with E-state index >= 15 is 0 Å². The van der Waals surface area contributed by atoms with Crippen LogP contribution in [0.25, 0.3) is 0 Å². The smallest absolute Gasteiger partial charge is 0.225 e. The lowest BCUT2D eigenvalue weighted by Gasteiger charge is -2.33. The van der Waals surface area contributed by atoms with E-state index in [1.54, 1.807) is 0 Å². The summed E-state index contributed by atoms with van der Waals surface area (Å²) in [7, 11) is 0. The topological polar surface area (TPSA) is 20.3 Å². The fourth-order valence-corrected chi connectivity index (χ4v) is 3.94. The minimum absolute atomic E-state index is 0.371. The minimum atomic E-state index is 0.371. The number of nitrogens with zero attached hydrogens (tertiary/aromatic N) is 1. The van der Waals surface area contributed by atoms with Crippen LogP contribution in [0.5, 0.6) is 0 Å². The molecule has 2 bridgehead atoms. The zero-order chi connectivity index (χ0) is 11.1. The van der Waals surface area contributed by atoms with Gasteiger partial charge in [0.25, 0.3) is 0 Å². The molecule has 2 saturated carbocycles. The number of carbonyl (C=O) groups excluding carboxylic acids is 1. The van der Waals surface area contributed by atoms with Gasteiger partial charge in [0.1, 0.15) is 0 Å². The molecule has 90 valence electrons. The van der Waals surface area contributed by atoms with E-state index in [-0.39, 0.29) is 0 Å². The average molecular weight is 221 g/mol. The zero-order valence-corrected chi connectivity index (χ0v) is 10.3. The van der Waals surface area contributed by atoms with Crippen LogP contribution in [-0.4, -0.2) is 23.4 Å². The number of fused-ring (bicyclic) bond motifs is 2. The highest BCUT2D eigenvalue weighted by atomic mass is 16.2. The van der Waals surface area contributed by atoms with E-state index in [0.717, 1.165) is 31.2 Å². The van der Waals surface area contributed by atoms with Crippen LogP contribution in [0, 0.1) is 17.8 Å². The maximum atomic E-state index is 12.4. The van der Waals surface area contributed by atoms with Crippen molar-refractivity contribution in [3.8, 4) is 0 Å². The lowest BCUT2D eigenvalue weighted by atomic mass is 9.82. The van der Waals surface area contributed by atoms with Crippen LogP contribution >= 0.6 is 0 Å². The molecule has 0 radical (unpaired) electrons. The van der Waals surface area contributed by atoms with Gasteiger partial charge in [-0.3, -0.25) is 4.79 Å². The van der Waals surface area contributed by atoms with Gasteiger partial charge in [0.15, 0.2) is 0 Å². The van der Waals surface area contributed by atoms with Crippen molar-refractivity contribution < 1.29 is 4.79 Å². The molecule has 16 heavy (non-hydrogen) atoms. The summed E-state index contributed by atoms with van der Waals surface area (Å²) in [4.78, 5) is 14.7. The molecule has 1 aliphatic heterocycles. The molecule has 3 rings (SSSR count). The molecule has 3 fully saturated rings. The van der Waals surface area contributed by atoms with E-state index < -0.39 is 0 Å². The maximum absolute atomic E-state index is 12.4. The fourth-order valence-electron chi connectivity index (χ4n) is 3.94. The van der Waals surface area contributed by atoms with Gasteiger partial charge < -0.3 is 4.90 Å². The molecule has 0 aromatic heterocycles. The summed E-state index contributed by atoms with van der Waals surface area (Å²) in [5.41, 5.74) is 0. The Labute approximate surface area is 98.4 Å². The Kier molecular flexibility index (Phi) is 2.68. The maximum Gasteiger partial charge on any atom is 0.225 e. The first kappa shape index (κ1) is 10.6. The van der Waals surface area contributed by atoms with Gasteiger partial charge in [-0.2, -0.15) is 0 Å². The van der Waals surface area contributed by atoms with Crippen molar-refractivity contribution in [2.45, 2.75) is 57.9 Å². The van der Waals surface area contributed by atoms with Crippen LogP contribution < -0.4 is 0 Å². The third kappa shape index (κ3) is 1.76. The first-order chi connectivity index (χ1) is 7.74. The van der Waals surface area contributed by atoms with E-state index in [1.807, 2.05) is 0 Å². The monoisotopic (exact) mass is 221 g/mol. The van der Waals surface area contributed by atoms with Gasteiger partial charge in [0.05, 0.1) is 0 Å². The van der Waals surface area contributed by atoms with Crippen molar-refractivity contribution in [2.24, 2.45) is 17.8 Å². The largest absolute Gasteiger partial charge is 0.339 e. The molecule has 0 aromatic carbocycles. The Morgan fingerprint density at radius 2 is 1.81 bits per heavy atom. The molecule has 0 N–H and O–H groups in total. The SMILES string of the molecule is CC1CCC(C(=O)N2CC3CCC2C3)CC1. The summed E-state index contributed by atoms with van der Waals surface area (Å²) in [6.07, 6.45) is 8.77. The van der Waals surface area contributed by atoms with Crippen molar-refractivity contribution in [1.82, 2.24) is 4.90 Å².